The van der Waals surface area contributed by atoms with Gasteiger partial charge in [0.25, 0.3) is 0 Å². The molecule has 0 saturated heterocycles. The van der Waals surface area contributed by atoms with Crippen LogP contribution in [0, 0.1) is 0 Å². The zero-order valence-electron chi connectivity index (χ0n) is 5.27. The maximum Gasteiger partial charge on any atom is 0.243 e. The summed E-state index contributed by atoms with van der Waals surface area (Å²) in [6.45, 7) is 4.71. The number of carbonyl (C=O) groups excluding carboxylic acids is 1. The predicted molar refractivity (Wildman–Crippen MR) is 33.5 cm³/mol. The first-order chi connectivity index (χ1) is 3.89. The maximum atomic E-state index is 10.0. The van der Waals surface area contributed by atoms with E-state index in [0.29, 0.717) is 6.54 Å². The van der Waals surface area contributed by atoms with Crippen LogP contribution in [0.3, 0.4) is 0 Å². The summed E-state index contributed by atoms with van der Waals surface area (Å²) in [7, 11) is 0. The van der Waals surface area contributed by atoms with Gasteiger partial charge in [0.2, 0.25) is 5.91 Å². The Morgan fingerprint density at radius 2 is 2.25 bits per heavy atom. The van der Waals surface area contributed by atoms with Crippen LogP contribution in [0.5, 0.6) is 0 Å². The molecule has 1 heterocycles. The minimum atomic E-state index is 0.0231. The van der Waals surface area contributed by atoms with Crippen molar-refractivity contribution in [2.75, 3.05) is 6.54 Å². The second kappa shape index (κ2) is 4.37. The van der Waals surface area contributed by atoms with Gasteiger partial charge in [-0.1, -0.05) is 19.9 Å². The van der Waals surface area contributed by atoms with Gasteiger partial charge in [0.05, 0.1) is 0 Å². The van der Waals surface area contributed by atoms with E-state index in [4.69, 9.17) is 0 Å². The topological polar surface area (TPSA) is 29.1 Å². The first kappa shape index (κ1) is 7.21. The Morgan fingerprint density at radius 1 is 1.62 bits per heavy atom. The van der Waals surface area contributed by atoms with E-state index < -0.39 is 0 Å². The Labute approximate surface area is 49.6 Å². The summed E-state index contributed by atoms with van der Waals surface area (Å²) in [6, 6.07) is 0. The number of nitrogens with one attached hydrogen (secondary N) is 1. The van der Waals surface area contributed by atoms with Crippen molar-refractivity contribution in [3.63, 3.8) is 0 Å². The third-order valence-corrected chi connectivity index (χ3v) is 0.663. The van der Waals surface area contributed by atoms with Crippen molar-refractivity contribution in [3.8, 4) is 0 Å². The summed E-state index contributed by atoms with van der Waals surface area (Å²) in [4.78, 5) is 10.0. The minimum absolute atomic E-state index is 0.0231. The van der Waals surface area contributed by atoms with Crippen LogP contribution >= 0.6 is 0 Å². The summed E-state index contributed by atoms with van der Waals surface area (Å²) in [5.41, 5.74) is 0. The fourth-order valence-electron chi connectivity index (χ4n) is 0.384. The van der Waals surface area contributed by atoms with Crippen LogP contribution in [0.1, 0.15) is 13.8 Å². The molecule has 0 aliphatic carbocycles. The zero-order valence-corrected chi connectivity index (χ0v) is 5.27. The Kier molecular flexibility index (Phi) is 3.94. The van der Waals surface area contributed by atoms with Gasteiger partial charge in [0, 0.05) is 12.6 Å². The van der Waals surface area contributed by atoms with Gasteiger partial charge >= 0.3 is 0 Å². The van der Waals surface area contributed by atoms with E-state index in [2.05, 4.69) is 5.32 Å². The number of hydrogen-bond acceptors (Lipinski definition) is 1. The standard InChI is InChI=1S/C4H5NO.C2H6/c6-4-2-1-3-5-4;1-2/h1-2H,3H2,(H,5,6);1-2H3. The van der Waals surface area contributed by atoms with Gasteiger partial charge in [0.15, 0.2) is 0 Å². The van der Waals surface area contributed by atoms with Crippen LogP contribution in [0.25, 0.3) is 0 Å². The highest BCUT2D eigenvalue weighted by Gasteiger charge is 1.95. The molecular weight excluding hydrogens is 102 g/mol. The molecule has 46 valence electrons. The molecule has 0 radical (unpaired) electrons. The van der Waals surface area contributed by atoms with Gasteiger partial charge in [0.1, 0.15) is 0 Å². The Balaban J connectivity index is 0.000000222. The average molecular weight is 113 g/mol. The van der Waals surface area contributed by atoms with E-state index in [9.17, 15) is 4.79 Å². The first-order valence-electron chi connectivity index (χ1n) is 2.84. The van der Waals surface area contributed by atoms with Gasteiger partial charge in [-0.15, -0.1) is 0 Å². The van der Waals surface area contributed by atoms with Crippen LogP contribution in [0.4, 0.5) is 0 Å². The Bertz CT molecular complexity index is 96.7. The van der Waals surface area contributed by atoms with Crippen molar-refractivity contribution >= 4 is 5.91 Å². The molecule has 0 aromatic rings. The van der Waals surface area contributed by atoms with E-state index in [1.54, 1.807) is 6.08 Å². The van der Waals surface area contributed by atoms with E-state index in [1.165, 1.54) is 6.08 Å². The Morgan fingerprint density at radius 3 is 2.38 bits per heavy atom. The zero-order chi connectivity index (χ0) is 6.41. The normalized spacial score (nSPS) is 14.5. The average Bonchev–Trinajstić information content (AvgIpc) is 2.24. The molecule has 0 atom stereocenters. The van der Waals surface area contributed by atoms with Crippen molar-refractivity contribution in [1.29, 1.82) is 0 Å². The van der Waals surface area contributed by atoms with Crippen LogP contribution in [-0.4, -0.2) is 12.5 Å². The lowest BCUT2D eigenvalue weighted by atomic mass is 10.6. The van der Waals surface area contributed by atoms with Crippen LogP contribution in [0.2, 0.25) is 0 Å². The quantitative estimate of drug-likeness (QED) is 0.492. The molecule has 0 aromatic carbocycles. The van der Waals surface area contributed by atoms with Crippen molar-refractivity contribution in [2.45, 2.75) is 13.8 Å². The van der Waals surface area contributed by atoms with Gasteiger partial charge < -0.3 is 5.32 Å². The van der Waals surface area contributed by atoms with Crippen molar-refractivity contribution in [3.05, 3.63) is 12.2 Å². The van der Waals surface area contributed by atoms with Crippen LogP contribution in [0.15, 0.2) is 12.2 Å². The van der Waals surface area contributed by atoms with E-state index in [0.717, 1.165) is 0 Å². The fraction of sp³-hybridized carbons (Fsp3) is 0.500. The van der Waals surface area contributed by atoms with Crippen molar-refractivity contribution in [1.82, 2.24) is 5.32 Å². The summed E-state index contributed by atoms with van der Waals surface area (Å²) in [5, 5.41) is 2.57. The highest BCUT2D eigenvalue weighted by Crippen LogP contribution is 1.79. The van der Waals surface area contributed by atoms with Crippen LogP contribution < -0.4 is 5.32 Å². The van der Waals surface area contributed by atoms with E-state index in [-0.39, 0.29) is 5.91 Å². The molecule has 1 aliphatic heterocycles. The summed E-state index contributed by atoms with van der Waals surface area (Å²) >= 11 is 0. The monoisotopic (exact) mass is 113 g/mol. The van der Waals surface area contributed by atoms with Gasteiger partial charge in [-0.05, 0) is 0 Å². The number of hydrogen-bond donors (Lipinski definition) is 1. The number of carbonyl (C=O) groups is 1. The third kappa shape index (κ3) is 2.39. The van der Waals surface area contributed by atoms with Gasteiger partial charge in [-0.2, -0.15) is 0 Å². The molecule has 1 amide bonds. The van der Waals surface area contributed by atoms with Gasteiger partial charge in [-0.25, -0.2) is 0 Å². The second-order valence-electron chi connectivity index (χ2n) is 1.15. The molecule has 1 N–H and O–H groups in total. The molecule has 2 heteroatoms. The molecule has 0 aromatic heterocycles. The molecule has 0 bridgehead atoms. The van der Waals surface area contributed by atoms with Crippen molar-refractivity contribution in [2.24, 2.45) is 0 Å². The molecule has 1 rings (SSSR count). The minimum Gasteiger partial charge on any atom is -0.349 e. The number of amides is 1. The lowest BCUT2D eigenvalue weighted by Gasteiger charge is -1.80. The molecular formula is C6H11NO. The van der Waals surface area contributed by atoms with E-state index >= 15 is 0 Å². The molecule has 0 fully saturated rings. The highest BCUT2D eigenvalue weighted by atomic mass is 16.1. The second-order valence-corrected chi connectivity index (χ2v) is 1.15. The molecule has 0 spiro atoms. The predicted octanol–water partition coefficient (Wildman–Crippen LogP) is 0.699. The molecule has 8 heavy (non-hydrogen) atoms. The number of rotatable bonds is 0. The first-order valence-corrected chi connectivity index (χ1v) is 2.84. The largest absolute Gasteiger partial charge is 0.349 e. The SMILES string of the molecule is CC.O=C1C=CCN1. The smallest absolute Gasteiger partial charge is 0.243 e. The summed E-state index contributed by atoms with van der Waals surface area (Å²) < 4.78 is 0. The lowest BCUT2D eigenvalue weighted by Crippen LogP contribution is -2.13. The van der Waals surface area contributed by atoms with Gasteiger partial charge in [-0.3, -0.25) is 4.79 Å². The molecule has 0 unspecified atom stereocenters. The molecule has 2 nitrogen and oxygen atoms in total. The Hall–Kier alpha value is -0.790. The van der Waals surface area contributed by atoms with Crippen molar-refractivity contribution < 1.29 is 4.79 Å². The highest BCUT2D eigenvalue weighted by molar-refractivity contribution is 5.89. The maximum absolute atomic E-state index is 10.0. The summed E-state index contributed by atoms with van der Waals surface area (Å²) in [6.07, 6.45) is 3.32. The lowest BCUT2D eigenvalue weighted by molar-refractivity contribution is -0.115. The molecule has 1 aliphatic rings. The molecule has 0 saturated carbocycles. The summed E-state index contributed by atoms with van der Waals surface area (Å²) in [5.74, 6) is 0.0231. The van der Waals surface area contributed by atoms with Crippen LogP contribution in [-0.2, 0) is 4.79 Å². The fourth-order valence-corrected chi connectivity index (χ4v) is 0.384. The van der Waals surface area contributed by atoms with E-state index in [1.807, 2.05) is 13.8 Å². The third-order valence-electron chi connectivity index (χ3n) is 0.663.